The number of hydrogen-bond acceptors (Lipinski definition) is 1. The van der Waals surface area contributed by atoms with Crippen molar-refractivity contribution in [3.8, 4) is 0 Å². The van der Waals surface area contributed by atoms with Crippen molar-refractivity contribution < 1.29 is 4.79 Å². The molecule has 0 saturated heterocycles. The molecular formula is C22H26O. The number of ketones is 1. The number of fused-ring (bicyclic) bond motifs is 5. The molecule has 1 spiro atoms. The third-order valence-corrected chi connectivity index (χ3v) is 7.26. The largest absolute Gasteiger partial charge is 0.294 e. The predicted octanol–water partition coefficient (Wildman–Crippen LogP) is 5.54. The molecule has 120 valence electrons. The molecule has 1 nitrogen and oxygen atoms in total. The third kappa shape index (κ3) is 1.95. The van der Waals surface area contributed by atoms with Crippen LogP contribution in [0.4, 0.5) is 0 Å². The Balaban J connectivity index is 1.64. The van der Waals surface area contributed by atoms with Gasteiger partial charge in [-0.15, -0.1) is 0 Å². The first-order chi connectivity index (χ1) is 11.3. The number of carbonyl (C=O) groups is 1. The molecule has 1 aromatic rings. The van der Waals surface area contributed by atoms with Gasteiger partial charge in [0.25, 0.3) is 0 Å². The Bertz CT molecular complexity index is 679. The minimum atomic E-state index is 0.285. The lowest BCUT2D eigenvalue weighted by molar-refractivity contribution is 0.0941. The average molecular weight is 306 g/mol. The highest BCUT2D eigenvalue weighted by molar-refractivity contribution is 6.01. The van der Waals surface area contributed by atoms with E-state index in [2.05, 4.69) is 30.4 Å². The van der Waals surface area contributed by atoms with E-state index >= 15 is 0 Å². The lowest BCUT2D eigenvalue weighted by Gasteiger charge is -2.42. The Morgan fingerprint density at radius 2 is 1.91 bits per heavy atom. The van der Waals surface area contributed by atoms with Gasteiger partial charge in [0.15, 0.2) is 5.78 Å². The number of rotatable bonds is 1. The standard InChI is InChI=1S/C22H26O/c23-20-11-12-22(14-15-9-10-17(22)13-15)19-8-4-7-18(21(19)20)16-5-2-1-3-6-16/h4,7-10,15-17H,1-3,5-6,11-14H2. The Kier molecular flexibility index (Phi) is 3.08. The van der Waals surface area contributed by atoms with Gasteiger partial charge in [0.1, 0.15) is 0 Å². The topological polar surface area (TPSA) is 17.1 Å². The molecule has 0 amide bonds. The van der Waals surface area contributed by atoms with Crippen molar-refractivity contribution in [3.05, 3.63) is 47.0 Å². The maximum atomic E-state index is 12.9. The molecule has 0 radical (unpaired) electrons. The summed E-state index contributed by atoms with van der Waals surface area (Å²) >= 11 is 0. The fraction of sp³-hybridized carbons (Fsp3) is 0.591. The van der Waals surface area contributed by atoms with Crippen LogP contribution in [-0.4, -0.2) is 5.78 Å². The van der Waals surface area contributed by atoms with Crippen LogP contribution in [0.2, 0.25) is 0 Å². The van der Waals surface area contributed by atoms with E-state index in [4.69, 9.17) is 0 Å². The summed E-state index contributed by atoms with van der Waals surface area (Å²) in [6.07, 6.45) is 15.9. The predicted molar refractivity (Wildman–Crippen MR) is 92.9 cm³/mol. The van der Waals surface area contributed by atoms with Crippen molar-refractivity contribution >= 4 is 5.78 Å². The van der Waals surface area contributed by atoms with E-state index in [0.29, 0.717) is 17.6 Å². The van der Waals surface area contributed by atoms with Gasteiger partial charge in [0.05, 0.1) is 0 Å². The minimum absolute atomic E-state index is 0.285. The molecule has 1 heteroatoms. The van der Waals surface area contributed by atoms with Crippen LogP contribution in [-0.2, 0) is 5.41 Å². The molecule has 2 fully saturated rings. The smallest absolute Gasteiger partial charge is 0.163 e. The fourth-order valence-corrected chi connectivity index (χ4v) is 6.20. The molecular weight excluding hydrogens is 280 g/mol. The Morgan fingerprint density at radius 1 is 1.04 bits per heavy atom. The second-order valence-corrected chi connectivity index (χ2v) is 8.38. The van der Waals surface area contributed by atoms with Crippen molar-refractivity contribution in [2.75, 3.05) is 0 Å². The van der Waals surface area contributed by atoms with Crippen molar-refractivity contribution in [1.82, 2.24) is 0 Å². The van der Waals surface area contributed by atoms with Gasteiger partial charge in [0.2, 0.25) is 0 Å². The van der Waals surface area contributed by atoms with Crippen LogP contribution in [0.1, 0.15) is 85.2 Å². The summed E-state index contributed by atoms with van der Waals surface area (Å²) in [7, 11) is 0. The van der Waals surface area contributed by atoms with Crippen LogP contribution < -0.4 is 0 Å². The summed E-state index contributed by atoms with van der Waals surface area (Å²) in [5.41, 5.74) is 4.27. The molecule has 4 aliphatic rings. The lowest BCUT2D eigenvalue weighted by atomic mass is 9.61. The normalized spacial score (nSPS) is 35.9. The van der Waals surface area contributed by atoms with Gasteiger partial charge in [-0.3, -0.25) is 4.79 Å². The maximum absolute atomic E-state index is 12.9. The van der Waals surface area contributed by atoms with E-state index < -0.39 is 0 Å². The quantitative estimate of drug-likeness (QED) is 0.622. The van der Waals surface area contributed by atoms with Crippen LogP contribution in [0.15, 0.2) is 30.4 Å². The first-order valence-corrected chi connectivity index (χ1v) is 9.63. The number of hydrogen-bond donors (Lipinski definition) is 0. The molecule has 2 bridgehead atoms. The lowest BCUT2D eigenvalue weighted by Crippen LogP contribution is -2.37. The van der Waals surface area contributed by atoms with Crippen molar-refractivity contribution in [1.29, 1.82) is 0 Å². The van der Waals surface area contributed by atoms with Gasteiger partial charge >= 0.3 is 0 Å². The highest BCUT2D eigenvalue weighted by Crippen LogP contribution is 2.58. The van der Waals surface area contributed by atoms with Crippen molar-refractivity contribution in [3.63, 3.8) is 0 Å². The zero-order valence-electron chi connectivity index (χ0n) is 13.9. The second-order valence-electron chi connectivity index (χ2n) is 8.38. The maximum Gasteiger partial charge on any atom is 0.163 e. The van der Waals surface area contributed by atoms with E-state index in [9.17, 15) is 4.79 Å². The fourth-order valence-electron chi connectivity index (χ4n) is 6.20. The SMILES string of the molecule is O=C1CCC2(CC3C=CC2C3)c2cccc(C3CCCCC3)c21. The van der Waals surface area contributed by atoms with Crippen LogP contribution in [0.3, 0.4) is 0 Å². The van der Waals surface area contributed by atoms with Crippen molar-refractivity contribution in [2.24, 2.45) is 11.8 Å². The summed E-state index contributed by atoms with van der Waals surface area (Å²) in [6, 6.07) is 6.82. The first-order valence-electron chi connectivity index (χ1n) is 9.63. The Morgan fingerprint density at radius 3 is 2.65 bits per heavy atom. The average Bonchev–Trinajstić information content (AvgIpc) is 3.20. The molecule has 4 aliphatic carbocycles. The van der Waals surface area contributed by atoms with E-state index in [-0.39, 0.29) is 5.41 Å². The highest BCUT2D eigenvalue weighted by atomic mass is 16.1. The van der Waals surface area contributed by atoms with Gasteiger partial charge < -0.3 is 0 Å². The monoisotopic (exact) mass is 306 g/mol. The molecule has 0 N–H and O–H groups in total. The van der Waals surface area contributed by atoms with Gasteiger partial charge in [-0.05, 0) is 61.0 Å². The minimum Gasteiger partial charge on any atom is -0.294 e. The summed E-state index contributed by atoms with van der Waals surface area (Å²) in [5.74, 6) is 2.51. The number of carbonyl (C=O) groups excluding carboxylic acids is 1. The van der Waals surface area contributed by atoms with Gasteiger partial charge in [-0.1, -0.05) is 49.6 Å². The zero-order valence-corrected chi connectivity index (χ0v) is 13.9. The summed E-state index contributed by atoms with van der Waals surface area (Å²) in [4.78, 5) is 12.9. The third-order valence-electron chi connectivity index (χ3n) is 7.26. The Hall–Kier alpha value is -1.37. The molecule has 3 unspecified atom stereocenters. The Labute approximate surface area is 139 Å². The van der Waals surface area contributed by atoms with E-state index in [1.54, 1.807) is 0 Å². The molecule has 0 aliphatic heterocycles. The zero-order chi connectivity index (χ0) is 15.4. The van der Waals surface area contributed by atoms with E-state index in [1.807, 2.05) is 0 Å². The molecule has 1 aromatic carbocycles. The summed E-state index contributed by atoms with van der Waals surface area (Å²) in [6.45, 7) is 0. The van der Waals surface area contributed by atoms with E-state index in [0.717, 1.165) is 24.3 Å². The first kappa shape index (κ1) is 14.0. The molecule has 3 atom stereocenters. The van der Waals surface area contributed by atoms with E-state index in [1.165, 1.54) is 56.1 Å². The second kappa shape index (κ2) is 5.06. The van der Waals surface area contributed by atoms with Crippen LogP contribution in [0, 0.1) is 11.8 Å². The van der Waals surface area contributed by atoms with Gasteiger partial charge in [-0.25, -0.2) is 0 Å². The number of benzene rings is 1. The summed E-state index contributed by atoms with van der Waals surface area (Å²) < 4.78 is 0. The number of Topliss-reactive ketones (excluding diaryl/α,β-unsaturated/α-hetero) is 1. The van der Waals surface area contributed by atoms with Crippen LogP contribution in [0.5, 0.6) is 0 Å². The van der Waals surface area contributed by atoms with Gasteiger partial charge in [-0.2, -0.15) is 0 Å². The number of allylic oxidation sites excluding steroid dienone is 2. The van der Waals surface area contributed by atoms with Gasteiger partial charge in [0, 0.05) is 17.4 Å². The molecule has 5 rings (SSSR count). The molecule has 23 heavy (non-hydrogen) atoms. The molecule has 0 aromatic heterocycles. The molecule has 2 saturated carbocycles. The van der Waals surface area contributed by atoms with Crippen molar-refractivity contribution in [2.45, 2.75) is 69.1 Å². The summed E-state index contributed by atoms with van der Waals surface area (Å²) in [5, 5.41) is 0. The van der Waals surface area contributed by atoms with Crippen LogP contribution in [0.25, 0.3) is 0 Å². The molecule has 0 heterocycles. The highest BCUT2D eigenvalue weighted by Gasteiger charge is 2.52. The van der Waals surface area contributed by atoms with Crippen LogP contribution >= 0.6 is 0 Å².